The molecule has 0 unspecified atom stereocenters. The number of nitrogens with one attached hydrogen (secondary N) is 2. The number of thiophene rings is 1. The zero-order chi connectivity index (χ0) is 13.0. The molecule has 18 heavy (non-hydrogen) atoms. The molecule has 0 bridgehead atoms. The van der Waals surface area contributed by atoms with Gasteiger partial charge in [0.25, 0.3) is 0 Å². The van der Waals surface area contributed by atoms with Gasteiger partial charge >= 0.3 is 0 Å². The molecule has 0 atom stereocenters. The second-order valence-electron chi connectivity index (χ2n) is 4.79. The summed E-state index contributed by atoms with van der Waals surface area (Å²) < 4.78 is 27.1. The highest BCUT2D eigenvalue weighted by atomic mass is 32.2. The molecule has 1 aromatic heterocycles. The Morgan fingerprint density at radius 2 is 2.22 bits per heavy atom. The highest BCUT2D eigenvalue weighted by Gasteiger charge is 2.21. The van der Waals surface area contributed by atoms with Gasteiger partial charge in [0.05, 0.1) is 0 Å². The van der Waals surface area contributed by atoms with E-state index in [1.165, 1.54) is 24.2 Å². The molecule has 0 aromatic carbocycles. The SMILES string of the molecule is CNCc1csc(S(=O)(=O)NCCCC2CC2)c1. The van der Waals surface area contributed by atoms with Gasteiger partial charge in [0.2, 0.25) is 10.0 Å². The monoisotopic (exact) mass is 288 g/mol. The van der Waals surface area contributed by atoms with Gasteiger partial charge in [-0.15, -0.1) is 11.3 Å². The fourth-order valence-electron chi connectivity index (χ4n) is 1.87. The van der Waals surface area contributed by atoms with Gasteiger partial charge in [-0.25, -0.2) is 13.1 Å². The molecule has 0 amide bonds. The van der Waals surface area contributed by atoms with E-state index in [0.29, 0.717) is 17.3 Å². The Kier molecular flexibility index (Phi) is 4.77. The van der Waals surface area contributed by atoms with Crippen LogP contribution in [-0.4, -0.2) is 22.0 Å². The minimum atomic E-state index is -3.29. The van der Waals surface area contributed by atoms with Crippen LogP contribution in [0.2, 0.25) is 0 Å². The zero-order valence-corrected chi connectivity index (χ0v) is 12.2. The number of rotatable bonds is 8. The van der Waals surface area contributed by atoms with Crippen LogP contribution >= 0.6 is 11.3 Å². The summed E-state index contributed by atoms with van der Waals surface area (Å²) in [5, 5.41) is 4.90. The molecule has 0 aliphatic heterocycles. The van der Waals surface area contributed by atoms with Crippen molar-refractivity contribution in [1.29, 1.82) is 0 Å². The zero-order valence-electron chi connectivity index (χ0n) is 10.6. The van der Waals surface area contributed by atoms with Crippen molar-refractivity contribution in [1.82, 2.24) is 10.0 Å². The Morgan fingerprint density at radius 3 is 2.89 bits per heavy atom. The van der Waals surface area contributed by atoms with Crippen molar-refractivity contribution in [2.75, 3.05) is 13.6 Å². The van der Waals surface area contributed by atoms with E-state index in [0.717, 1.165) is 24.3 Å². The molecule has 2 rings (SSSR count). The fourth-order valence-corrected chi connectivity index (χ4v) is 4.19. The van der Waals surface area contributed by atoms with E-state index in [2.05, 4.69) is 10.0 Å². The minimum Gasteiger partial charge on any atom is -0.316 e. The third kappa shape index (κ3) is 4.05. The van der Waals surface area contributed by atoms with Crippen LogP contribution in [0.1, 0.15) is 31.2 Å². The standard InChI is InChI=1S/C12H20N2O2S2/c1-13-8-11-7-12(17-9-11)18(15,16)14-6-2-3-10-4-5-10/h7,9-10,13-14H,2-6,8H2,1H3. The van der Waals surface area contributed by atoms with Crippen LogP contribution in [0.15, 0.2) is 15.7 Å². The van der Waals surface area contributed by atoms with E-state index < -0.39 is 10.0 Å². The summed E-state index contributed by atoms with van der Waals surface area (Å²) in [5.41, 5.74) is 1.01. The predicted molar refractivity (Wildman–Crippen MR) is 74.2 cm³/mol. The smallest absolute Gasteiger partial charge is 0.250 e. The molecule has 6 heteroatoms. The van der Waals surface area contributed by atoms with Gasteiger partial charge in [-0.3, -0.25) is 0 Å². The Morgan fingerprint density at radius 1 is 1.44 bits per heavy atom. The van der Waals surface area contributed by atoms with Crippen LogP contribution in [0.25, 0.3) is 0 Å². The van der Waals surface area contributed by atoms with Crippen molar-refractivity contribution >= 4 is 21.4 Å². The average molecular weight is 288 g/mol. The first-order chi connectivity index (χ1) is 8.62. The van der Waals surface area contributed by atoms with E-state index >= 15 is 0 Å². The second-order valence-corrected chi connectivity index (χ2v) is 7.69. The molecular weight excluding hydrogens is 268 g/mol. The Bertz CT molecular complexity index is 478. The van der Waals surface area contributed by atoms with Crippen LogP contribution in [0.3, 0.4) is 0 Å². The lowest BCUT2D eigenvalue weighted by molar-refractivity contribution is 0.574. The van der Waals surface area contributed by atoms with Gasteiger partial charge in [0.15, 0.2) is 0 Å². The van der Waals surface area contributed by atoms with Crippen LogP contribution in [0, 0.1) is 5.92 Å². The van der Waals surface area contributed by atoms with Crippen LogP contribution in [-0.2, 0) is 16.6 Å². The van der Waals surface area contributed by atoms with Crippen LogP contribution in [0.4, 0.5) is 0 Å². The van der Waals surface area contributed by atoms with Crippen LogP contribution < -0.4 is 10.0 Å². The van der Waals surface area contributed by atoms with Crippen molar-refractivity contribution in [3.8, 4) is 0 Å². The summed E-state index contributed by atoms with van der Waals surface area (Å²) in [4.78, 5) is 0. The summed E-state index contributed by atoms with van der Waals surface area (Å²) in [5.74, 6) is 0.860. The molecule has 4 nitrogen and oxygen atoms in total. The van der Waals surface area contributed by atoms with Gasteiger partial charge in [-0.05, 0) is 42.8 Å². The molecule has 0 spiro atoms. The maximum Gasteiger partial charge on any atom is 0.250 e. The van der Waals surface area contributed by atoms with Crippen molar-refractivity contribution in [2.24, 2.45) is 5.92 Å². The molecule has 1 fully saturated rings. The van der Waals surface area contributed by atoms with E-state index in [-0.39, 0.29) is 0 Å². The first-order valence-electron chi connectivity index (χ1n) is 6.33. The van der Waals surface area contributed by atoms with Gasteiger partial charge in [-0.1, -0.05) is 12.8 Å². The van der Waals surface area contributed by atoms with Crippen LogP contribution in [0.5, 0.6) is 0 Å². The summed E-state index contributed by atoms with van der Waals surface area (Å²) in [7, 11) is -1.45. The molecule has 1 aliphatic rings. The maximum absolute atomic E-state index is 12.0. The Labute approximate surface area is 113 Å². The highest BCUT2D eigenvalue weighted by molar-refractivity contribution is 7.91. The fraction of sp³-hybridized carbons (Fsp3) is 0.667. The van der Waals surface area contributed by atoms with Gasteiger partial charge in [0, 0.05) is 13.1 Å². The maximum atomic E-state index is 12.0. The van der Waals surface area contributed by atoms with Crippen molar-refractivity contribution in [3.05, 3.63) is 17.0 Å². The van der Waals surface area contributed by atoms with Crippen molar-refractivity contribution < 1.29 is 8.42 Å². The lowest BCUT2D eigenvalue weighted by Gasteiger charge is -2.04. The van der Waals surface area contributed by atoms with Gasteiger partial charge in [0.1, 0.15) is 4.21 Å². The highest BCUT2D eigenvalue weighted by Crippen LogP contribution is 2.33. The molecule has 2 N–H and O–H groups in total. The largest absolute Gasteiger partial charge is 0.316 e. The van der Waals surface area contributed by atoms with E-state index in [1.54, 1.807) is 6.07 Å². The molecule has 1 aromatic rings. The first-order valence-corrected chi connectivity index (χ1v) is 8.70. The van der Waals surface area contributed by atoms with Crippen molar-refractivity contribution in [2.45, 2.75) is 36.4 Å². The first kappa shape index (κ1) is 14.0. The normalized spacial score (nSPS) is 16.1. The average Bonchev–Trinajstić information content (AvgIpc) is 3.03. The number of hydrogen-bond donors (Lipinski definition) is 2. The molecule has 0 saturated heterocycles. The minimum absolute atomic E-state index is 0.416. The number of sulfonamides is 1. The lowest BCUT2D eigenvalue weighted by Crippen LogP contribution is -2.24. The molecular formula is C12H20N2O2S2. The topological polar surface area (TPSA) is 58.2 Å². The van der Waals surface area contributed by atoms with Gasteiger partial charge in [-0.2, -0.15) is 0 Å². The van der Waals surface area contributed by atoms with E-state index in [1.807, 2.05) is 12.4 Å². The lowest BCUT2D eigenvalue weighted by atomic mass is 10.2. The second kappa shape index (κ2) is 6.14. The third-order valence-corrected chi connectivity index (χ3v) is 6.00. The predicted octanol–water partition coefficient (Wildman–Crippen LogP) is 1.94. The molecule has 102 valence electrons. The number of hydrogen-bond acceptors (Lipinski definition) is 4. The summed E-state index contributed by atoms with van der Waals surface area (Å²) in [6.45, 7) is 1.26. The molecule has 1 saturated carbocycles. The van der Waals surface area contributed by atoms with Gasteiger partial charge < -0.3 is 5.32 Å². The summed E-state index contributed by atoms with van der Waals surface area (Å²) >= 11 is 1.28. The molecule has 1 aliphatic carbocycles. The van der Waals surface area contributed by atoms with E-state index in [4.69, 9.17) is 0 Å². The van der Waals surface area contributed by atoms with Crippen molar-refractivity contribution in [3.63, 3.8) is 0 Å². The summed E-state index contributed by atoms with van der Waals surface area (Å²) in [6.07, 6.45) is 4.74. The Balaban J connectivity index is 1.83. The quantitative estimate of drug-likeness (QED) is 0.719. The molecule has 0 radical (unpaired) electrons. The Hall–Kier alpha value is -0.430. The molecule has 1 heterocycles. The summed E-state index contributed by atoms with van der Waals surface area (Å²) in [6, 6.07) is 1.74. The van der Waals surface area contributed by atoms with E-state index in [9.17, 15) is 8.42 Å². The third-order valence-electron chi connectivity index (χ3n) is 3.05.